The number of carbonyl (C=O) groups excluding carboxylic acids is 2. The molecule has 2 aromatic rings. The van der Waals surface area contributed by atoms with E-state index < -0.39 is 29.9 Å². The Kier molecular flexibility index (Phi) is 5.88. The molecule has 0 aromatic heterocycles. The Morgan fingerprint density at radius 3 is 1.81 bits per heavy atom. The van der Waals surface area contributed by atoms with Crippen LogP contribution in [0.1, 0.15) is 37.4 Å². The first-order chi connectivity index (χ1) is 13.1. The molecule has 1 aliphatic rings. The third kappa shape index (κ3) is 3.59. The Bertz CT molecular complexity index is 756. The fraction of sp³-hybridized carbons (Fsp3) is 0.333. The fourth-order valence-corrected chi connectivity index (χ4v) is 3.05. The van der Waals surface area contributed by atoms with Crippen molar-refractivity contribution in [2.75, 3.05) is 13.2 Å². The molecule has 1 fully saturated rings. The van der Waals surface area contributed by atoms with Crippen LogP contribution in [0.3, 0.4) is 0 Å². The van der Waals surface area contributed by atoms with E-state index in [0.717, 1.165) is 0 Å². The van der Waals surface area contributed by atoms with Gasteiger partial charge in [-0.05, 0) is 19.4 Å². The molecule has 0 saturated carbocycles. The second-order valence-corrected chi connectivity index (χ2v) is 5.96. The zero-order chi connectivity index (χ0) is 19.3. The quantitative estimate of drug-likeness (QED) is 0.574. The summed E-state index contributed by atoms with van der Waals surface area (Å²) in [6.07, 6.45) is -1.91. The second kappa shape index (κ2) is 8.33. The van der Waals surface area contributed by atoms with Crippen LogP contribution < -0.4 is 0 Å². The van der Waals surface area contributed by atoms with Crippen LogP contribution in [0.15, 0.2) is 60.7 Å². The van der Waals surface area contributed by atoms with Crippen molar-refractivity contribution in [1.82, 2.24) is 0 Å². The lowest BCUT2D eigenvalue weighted by Crippen LogP contribution is -2.52. The molecule has 1 saturated heterocycles. The van der Waals surface area contributed by atoms with Crippen LogP contribution >= 0.6 is 0 Å². The summed E-state index contributed by atoms with van der Waals surface area (Å²) in [7, 11) is 0. The van der Waals surface area contributed by atoms with E-state index in [4.69, 9.17) is 18.9 Å². The molecule has 0 spiro atoms. The lowest BCUT2D eigenvalue weighted by molar-refractivity contribution is -0.191. The third-order valence-electron chi connectivity index (χ3n) is 4.25. The molecule has 6 nitrogen and oxygen atoms in total. The van der Waals surface area contributed by atoms with E-state index in [1.165, 1.54) is 0 Å². The van der Waals surface area contributed by atoms with Crippen LogP contribution in [0.25, 0.3) is 0 Å². The van der Waals surface area contributed by atoms with E-state index in [2.05, 4.69) is 0 Å². The second-order valence-electron chi connectivity index (χ2n) is 5.96. The Hall–Kier alpha value is -2.70. The smallest absolute Gasteiger partial charge is 0.353 e. The van der Waals surface area contributed by atoms with Gasteiger partial charge in [-0.3, -0.25) is 0 Å². The molecule has 0 N–H and O–H groups in total. The van der Waals surface area contributed by atoms with Gasteiger partial charge in [-0.25, -0.2) is 9.59 Å². The Morgan fingerprint density at radius 1 is 0.852 bits per heavy atom. The zero-order valence-corrected chi connectivity index (χ0v) is 15.3. The van der Waals surface area contributed by atoms with Gasteiger partial charge in [0.2, 0.25) is 0 Å². The highest BCUT2D eigenvalue weighted by Crippen LogP contribution is 2.48. The van der Waals surface area contributed by atoms with Gasteiger partial charge < -0.3 is 18.9 Å². The molecule has 2 aromatic carbocycles. The highest BCUT2D eigenvalue weighted by Gasteiger charge is 2.64. The number of benzene rings is 2. The topological polar surface area (TPSA) is 71.1 Å². The summed E-state index contributed by atoms with van der Waals surface area (Å²) >= 11 is 0. The van der Waals surface area contributed by atoms with Crippen LogP contribution in [0, 0.1) is 0 Å². The minimum atomic E-state index is -2.03. The van der Waals surface area contributed by atoms with E-state index >= 15 is 0 Å². The molecule has 2 atom stereocenters. The van der Waals surface area contributed by atoms with Crippen LogP contribution in [-0.4, -0.2) is 30.8 Å². The molecular weight excluding hydrogens is 348 g/mol. The summed E-state index contributed by atoms with van der Waals surface area (Å²) in [5, 5.41) is 0. The van der Waals surface area contributed by atoms with Crippen LogP contribution in [0.2, 0.25) is 0 Å². The lowest BCUT2D eigenvalue weighted by atomic mass is 9.91. The standard InChI is InChI=1S/C21H22O6/c1-3-24-19(22)21(20(23)25-4-2)17(15-11-7-5-8-12-15)26-18(27-21)16-13-9-6-10-14-16/h5-14,17-18H,3-4H2,1-2H3/t17-,18-/m0/s1. The van der Waals surface area contributed by atoms with E-state index in [1.54, 1.807) is 50.2 Å². The van der Waals surface area contributed by atoms with Crippen molar-refractivity contribution in [3.05, 3.63) is 71.8 Å². The predicted molar refractivity (Wildman–Crippen MR) is 96.5 cm³/mol. The molecule has 0 amide bonds. The average Bonchev–Trinajstić information content (AvgIpc) is 3.12. The molecule has 1 aliphatic heterocycles. The molecule has 0 radical (unpaired) electrons. The first kappa shape index (κ1) is 19.1. The summed E-state index contributed by atoms with van der Waals surface area (Å²) in [5.41, 5.74) is -0.723. The molecule has 6 heteroatoms. The number of hydrogen-bond acceptors (Lipinski definition) is 6. The number of esters is 2. The summed E-state index contributed by atoms with van der Waals surface area (Å²) in [5.74, 6) is -1.65. The minimum absolute atomic E-state index is 0.0981. The SMILES string of the molecule is CCOC(=O)C1(C(=O)OCC)O[C@@H](c2ccccc2)O[C@H]1c1ccccc1. The maximum absolute atomic E-state index is 12.9. The van der Waals surface area contributed by atoms with E-state index in [1.807, 2.05) is 24.3 Å². The van der Waals surface area contributed by atoms with Gasteiger partial charge in [-0.2, -0.15) is 0 Å². The van der Waals surface area contributed by atoms with Crippen molar-refractivity contribution in [1.29, 1.82) is 0 Å². The number of carbonyl (C=O) groups is 2. The molecular formula is C21H22O6. The predicted octanol–water partition coefficient (Wildman–Crippen LogP) is 3.34. The number of rotatable bonds is 6. The van der Waals surface area contributed by atoms with Gasteiger partial charge in [-0.1, -0.05) is 60.7 Å². The molecule has 0 unspecified atom stereocenters. The Balaban J connectivity index is 2.09. The summed E-state index contributed by atoms with van der Waals surface area (Å²) in [6, 6.07) is 18.1. The average molecular weight is 370 g/mol. The third-order valence-corrected chi connectivity index (χ3v) is 4.25. The van der Waals surface area contributed by atoms with Gasteiger partial charge in [0.05, 0.1) is 13.2 Å². The highest BCUT2D eigenvalue weighted by molar-refractivity contribution is 6.05. The van der Waals surface area contributed by atoms with Gasteiger partial charge in [-0.15, -0.1) is 0 Å². The number of hydrogen-bond donors (Lipinski definition) is 0. The van der Waals surface area contributed by atoms with Crippen LogP contribution in [0.5, 0.6) is 0 Å². The molecule has 142 valence electrons. The zero-order valence-electron chi connectivity index (χ0n) is 15.3. The monoisotopic (exact) mass is 370 g/mol. The van der Waals surface area contributed by atoms with Crippen molar-refractivity contribution in [2.24, 2.45) is 0 Å². The molecule has 3 rings (SSSR count). The molecule has 0 bridgehead atoms. The van der Waals surface area contributed by atoms with Crippen molar-refractivity contribution in [3.63, 3.8) is 0 Å². The maximum Gasteiger partial charge on any atom is 0.353 e. The summed E-state index contributed by atoms with van der Waals surface area (Å²) in [4.78, 5) is 25.8. The summed E-state index contributed by atoms with van der Waals surface area (Å²) in [6.45, 7) is 3.53. The van der Waals surface area contributed by atoms with Crippen LogP contribution in [0.4, 0.5) is 0 Å². The van der Waals surface area contributed by atoms with Gasteiger partial charge in [0, 0.05) is 5.56 Å². The first-order valence-electron chi connectivity index (χ1n) is 8.91. The van der Waals surface area contributed by atoms with Gasteiger partial charge in [0.25, 0.3) is 5.60 Å². The van der Waals surface area contributed by atoms with E-state index in [-0.39, 0.29) is 13.2 Å². The van der Waals surface area contributed by atoms with Gasteiger partial charge in [0.1, 0.15) is 6.10 Å². The largest absolute Gasteiger partial charge is 0.463 e. The lowest BCUT2D eigenvalue weighted by Gasteiger charge is -2.28. The normalized spacial score (nSPS) is 20.8. The Labute approximate surface area is 158 Å². The highest BCUT2D eigenvalue weighted by atomic mass is 16.8. The first-order valence-corrected chi connectivity index (χ1v) is 8.91. The van der Waals surface area contributed by atoms with Crippen molar-refractivity contribution >= 4 is 11.9 Å². The summed E-state index contributed by atoms with van der Waals surface area (Å²) < 4.78 is 22.4. The van der Waals surface area contributed by atoms with Crippen molar-refractivity contribution < 1.29 is 28.5 Å². The minimum Gasteiger partial charge on any atom is -0.463 e. The Morgan fingerprint density at radius 2 is 1.33 bits per heavy atom. The van der Waals surface area contributed by atoms with Crippen LogP contribution in [-0.2, 0) is 28.5 Å². The van der Waals surface area contributed by atoms with Crippen molar-refractivity contribution in [2.45, 2.75) is 31.8 Å². The van der Waals surface area contributed by atoms with Crippen molar-refractivity contribution in [3.8, 4) is 0 Å². The molecule has 0 aliphatic carbocycles. The number of ether oxygens (including phenoxy) is 4. The van der Waals surface area contributed by atoms with E-state index in [9.17, 15) is 9.59 Å². The molecule has 27 heavy (non-hydrogen) atoms. The van der Waals surface area contributed by atoms with E-state index in [0.29, 0.717) is 11.1 Å². The molecule has 1 heterocycles. The van der Waals surface area contributed by atoms with Gasteiger partial charge >= 0.3 is 11.9 Å². The van der Waals surface area contributed by atoms with Gasteiger partial charge in [0.15, 0.2) is 6.29 Å². The maximum atomic E-state index is 12.9. The fourth-order valence-electron chi connectivity index (χ4n) is 3.05.